The van der Waals surface area contributed by atoms with Crippen LogP contribution in [-0.2, 0) is 11.2 Å². The Hall–Kier alpha value is -1.43. The van der Waals surface area contributed by atoms with Crippen molar-refractivity contribution in [2.75, 3.05) is 13.6 Å². The van der Waals surface area contributed by atoms with Gasteiger partial charge in [-0.1, -0.05) is 6.92 Å². The van der Waals surface area contributed by atoms with Crippen molar-refractivity contribution in [3.63, 3.8) is 0 Å². The number of amides is 1. The lowest BCUT2D eigenvalue weighted by Gasteiger charge is -2.14. The van der Waals surface area contributed by atoms with Gasteiger partial charge in [-0.05, 0) is 19.3 Å². The van der Waals surface area contributed by atoms with Crippen molar-refractivity contribution in [3.8, 4) is 0 Å². The molecule has 0 aliphatic rings. The molecule has 0 atom stereocenters. The number of thiazole rings is 1. The molecule has 1 aromatic heterocycles. The Morgan fingerprint density at radius 2 is 2.22 bits per heavy atom. The highest BCUT2D eigenvalue weighted by Gasteiger charge is 2.15. The lowest BCUT2D eigenvalue weighted by atomic mass is 10.3. The second-order valence-corrected chi connectivity index (χ2v) is 5.21. The van der Waals surface area contributed by atoms with Crippen molar-refractivity contribution < 1.29 is 14.7 Å². The summed E-state index contributed by atoms with van der Waals surface area (Å²) >= 11 is 1.42. The van der Waals surface area contributed by atoms with Crippen LogP contribution in [0, 0.1) is 0 Å². The third-order valence-corrected chi connectivity index (χ3v) is 3.50. The Kier molecular flexibility index (Phi) is 5.77. The summed E-state index contributed by atoms with van der Waals surface area (Å²) in [5.41, 5.74) is 0. The molecular weight excluding hydrogens is 252 g/mol. The van der Waals surface area contributed by atoms with E-state index >= 15 is 0 Å². The van der Waals surface area contributed by atoms with Gasteiger partial charge in [-0.25, -0.2) is 4.98 Å². The topological polar surface area (TPSA) is 70.5 Å². The summed E-state index contributed by atoms with van der Waals surface area (Å²) < 4.78 is 0. The highest BCUT2D eigenvalue weighted by Crippen LogP contribution is 2.16. The molecule has 1 aromatic rings. The Morgan fingerprint density at radius 1 is 1.50 bits per heavy atom. The standard InChI is InChI=1S/C12H18N2O3S/c1-3-5-10-13-8-9(18-10)12(17)14(2)7-4-6-11(15)16/h8H,3-7H2,1-2H3,(H,15,16). The number of carbonyl (C=O) groups is 2. The van der Waals surface area contributed by atoms with Crippen LogP contribution in [-0.4, -0.2) is 40.5 Å². The molecule has 100 valence electrons. The van der Waals surface area contributed by atoms with Gasteiger partial charge in [0.05, 0.1) is 11.2 Å². The smallest absolute Gasteiger partial charge is 0.303 e. The molecule has 0 fully saturated rings. The maximum absolute atomic E-state index is 12.0. The molecule has 0 radical (unpaired) electrons. The quantitative estimate of drug-likeness (QED) is 0.823. The molecule has 1 rings (SSSR count). The molecule has 0 spiro atoms. The highest BCUT2D eigenvalue weighted by atomic mass is 32.1. The predicted octanol–water partition coefficient (Wildman–Crippen LogP) is 2.03. The number of carboxylic acid groups (broad SMARTS) is 1. The van der Waals surface area contributed by atoms with Gasteiger partial charge in [0, 0.05) is 20.0 Å². The van der Waals surface area contributed by atoms with Gasteiger partial charge >= 0.3 is 5.97 Å². The fraction of sp³-hybridized carbons (Fsp3) is 0.583. The Balaban J connectivity index is 2.48. The van der Waals surface area contributed by atoms with Gasteiger partial charge in [0.15, 0.2) is 0 Å². The van der Waals surface area contributed by atoms with E-state index in [1.807, 2.05) is 0 Å². The second-order valence-electron chi connectivity index (χ2n) is 4.09. The van der Waals surface area contributed by atoms with E-state index in [1.165, 1.54) is 11.3 Å². The van der Waals surface area contributed by atoms with E-state index in [4.69, 9.17) is 5.11 Å². The lowest BCUT2D eigenvalue weighted by molar-refractivity contribution is -0.137. The largest absolute Gasteiger partial charge is 0.481 e. The zero-order valence-corrected chi connectivity index (χ0v) is 11.5. The van der Waals surface area contributed by atoms with Gasteiger partial charge in [-0.2, -0.15) is 0 Å². The number of aliphatic carboxylic acids is 1. The average molecular weight is 270 g/mol. The van der Waals surface area contributed by atoms with Crippen LogP contribution >= 0.6 is 11.3 Å². The first-order chi connectivity index (χ1) is 8.54. The molecule has 0 aliphatic carbocycles. The van der Waals surface area contributed by atoms with Crippen LogP contribution in [0.5, 0.6) is 0 Å². The fourth-order valence-electron chi connectivity index (χ4n) is 1.50. The lowest BCUT2D eigenvalue weighted by Crippen LogP contribution is -2.27. The van der Waals surface area contributed by atoms with Gasteiger partial charge in [-0.3, -0.25) is 9.59 Å². The molecule has 0 bridgehead atoms. The van der Waals surface area contributed by atoms with Crippen LogP contribution in [0.3, 0.4) is 0 Å². The molecule has 5 nitrogen and oxygen atoms in total. The summed E-state index contributed by atoms with van der Waals surface area (Å²) in [7, 11) is 1.68. The zero-order valence-electron chi connectivity index (χ0n) is 10.7. The van der Waals surface area contributed by atoms with E-state index in [9.17, 15) is 9.59 Å². The molecule has 1 N–H and O–H groups in total. The summed E-state index contributed by atoms with van der Waals surface area (Å²) in [5.74, 6) is -0.917. The van der Waals surface area contributed by atoms with Gasteiger partial charge in [0.1, 0.15) is 4.88 Å². The molecule has 0 aliphatic heterocycles. The Labute approximate surface area is 110 Å². The van der Waals surface area contributed by atoms with Crippen molar-refractivity contribution in [2.24, 2.45) is 0 Å². The van der Waals surface area contributed by atoms with Gasteiger partial charge < -0.3 is 10.0 Å². The van der Waals surface area contributed by atoms with Crippen LogP contribution in [0.2, 0.25) is 0 Å². The van der Waals surface area contributed by atoms with E-state index in [0.29, 0.717) is 17.8 Å². The van der Waals surface area contributed by atoms with E-state index in [0.717, 1.165) is 17.8 Å². The first-order valence-corrected chi connectivity index (χ1v) is 6.78. The second kappa shape index (κ2) is 7.10. The molecule has 0 saturated heterocycles. The highest BCUT2D eigenvalue weighted by molar-refractivity contribution is 7.13. The first-order valence-electron chi connectivity index (χ1n) is 5.96. The minimum absolute atomic E-state index is 0.0831. The van der Waals surface area contributed by atoms with Crippen molar-refractivity contribution in [1.29, 1.82) is 0 Å². The van der Waals surface area contributed by atoms with Crippen LogP contribution in [0.1, 0.15) is 40.9 Å². The maximum atomic E-state index is 12.0. The Morgan fingerprint density at radius 3 is 2.83 bits per heavy atom. The number of carboxylic acids is 1. The van der Waals surface area contributed by atoms with Crippen LogP contribution < -0.4 is 0 Å². The number of nitrogens with zero attached hydrogens (tertiary/aromatic N) is 2. The average Bonchev–Trinajstić information content (AvgIpc) is 2.76. The van der Waals surface area contributed by atoms with E-state index in [1.54, 1.807) is 18.1 Å². The van der Waals surface area contributed by atoms with Crippen molar-refractivity contribution in [2.45, 2.75) is 32.6 Å². The summed E-state index contributed by atoms with van der Waals surface area (Å²) in [6.45, 7) is 2.52. The van der Waals surface area contributed by atoms with E-state index in [-0.39, 0.29) is 12.3 Å². The molecule has 0 saturated carbocycles. The number of hydrogen-bond acceptors (Lipinski definition) is 4. The number of carbonyl (C=O) groups excluding carboxylic acids is 1. The number of aromatic nitrogens is 1. The molecular formula is C12H18N2O3S. The maximum Gasteiger partial charge on any atom is 0.303 e. The minimum atomic E-state index is -0.834. The molecule has 0 unspecified atom stereocenters. The summed E-state index contributed by atoms with van der Waals surface area (Å²) in [6, 6.07) is 0. The fourth-order valence-corrected chi connectivity index (χ4v) is 2.51. The summed E-state index contributed by atoms with van der Waals surface area (Å²) in [4.78, 5) is 28.7. The summed E-state index contributed by atoms with van der Waals surface area (Å²) in [6.07, 6.45) is 4.06. The van der Waals surface area contributed by atoms with Crippen molar-refractivity contribution in [1.82, 2.24) is 9.88 Å². The SMILES string of the molecule is CCCc1ncc(C(=O)N(C)CCCC(=O)O)s1. The summed E-state index contributed by atoms with van der Waals surface area (Å²) in [5, 5.41) is 9.51. The minimum Gasteiger partial charge on any atom is -0.481 e. The van der Waals surface area contributed by atoms with Gasteiger partial charge in [-0.15, -0.1) is 11.3 Å². The number of hydrogen-bond donors (Lipinski definition) is 1. The molecule has 1 heterocycles. The van der Waals surface area contributed by atoms with Crippen molar-refractivity contribution in [3.05, 3.63) is 16.1 Å². The van der Waals surface area contributed by atoms with Crippen LogP contribution in [0.15, 0.2) is 6.20 Å². The van der Waals surface area contributed by atoms with Crippen LogP contribution in [0.25, 0.3) is 0 Å². The Bertz CT molecular complexity index is 417. The molecule has 6 heteroatoms. The monoisotopic (exact) mass is 270 g/mol. The zero-order chi connectivity index (χ0) is 13.5. The van der Waals surface area contributed by atoms with E-state index in [2.05, 4.69) is 11.9 Å². The normalized spacial score (nSPS) is 10.3. The first kappa shape index (κ1) is 14.6. The molecule has 1 amide bonds. The molecule has 0 aromatic carbocycles. The van der Waals surface area contributed by atoms with Crippen LogP contribution in [0.4, 0.5) is 0 Å². The number of rotatable bonds is 7. The number of aryl methyl sites for hydroxylation is 1. The van der Waals surface area contributed by atoms with Gasteiger partial charge in [0.2, 0.25) is 0 Å². The molecule has 18 heavy (non-hydrogen) atoms. The van der Waals surface area contributed by atoms with Crippen molar-refractivity contribution >= 4 is 23.2 Å². The third kappa shape index (κ3) is 4.44. The third-order valence-electron chi connectivity index (χ3n) is 2.46. The predicted molar refractivity (Wildman–Crippen MR) is 69.9 cm³/mol. The van der Waals surface area contributed by atoms with Gasteiger partial charge in [0.25, 0.3) is 5.91 Å². The van der Waals surface area contributed by atoms with E-state index < -0.39 is 5.97 Å².